The van der Waals surface area contributed by atoms with Gasteiger partial charge in [-0.05, 0) is 42.5 Å². The molecular weight excluding hydrogens is 408 g/mol. The van der Waals surface area contributed by atoms with E-state index in [-0.39, 0.29) is 12.2 Å². The number of ether oxygens (including phenoxy) is 1. The van der Waals surface area contributed by atoms with Crippen molar-refractivity contribution in [3.63, 3.8) is 0 Å². The molecule has 0 bridgehead atoms. The van der Waals surface area contributed by atoms with E-state index >= 15 is 0 Å². The number of thiazole rings is 1. The SMILES string of the molecule is O=c1oc2cc(OCc3c(F)cccc3F)ccc2cc1-c1nc2ccccc2s1. The third kappa shape index (κ3) is 3.33. The van der Waals surface area contributed by atoms with Crippen LogP contribution in [0.5, 0.6) is 5.75 Å². The van der Waals surface area contributed by atoms with Gasteiger partial charge in [-0.25, -0.2) is 18.6 Å². The first-order chi connectivity index (χ1) is 14.6. The van der Waals surface area contributed by atoms with E-state index < -0.39 is 17.3 Å². The molecule has 0 aliphatic rings. The van der Waals surface area contributed by atoms with Crippen LogP contribution in [0, 0.1) is 11.6 Å². The molecule has 0 atom stereocenters. The van der Waals surface area contributed by atoms with Gasteiger partial charge in [0.15, 0.2) is 0 Å². The Kier molecular flexibility index (Phi) is 4.52. The predicted octanol–water partition coefficient (Wildman–Crippen LogP) is 5.93. The van der Waals surface area contributed by atoms with Crippen LogP contribution in [0.4, 0.5) is 8.78 Å². The Labute approximate surface area is 173 Å². The fourth-order valence-electron chi connectivity index (χ4n) is 3.14. The zero-order valence-corrected chi connectivity index (χ0v) is 16.2. The average molecular weight is 421 g/mol. The van der Waals surface area contributed by atoms with Gasteiger partial charge in [-0.2, -0.15) is 0 Å². The Morgan fingerprint density at radius 2 is 1.77 bits per heavy atom. The first-order valence-electron chi connectivity index (χ1n) is 9.08. The highest BCUT2D eigenvalue weighted by molar-refractivity contribution is 7.21. The molecule has 0 spiro atoms. The van der Waals surface area contributed by atoms with E-state index in [1.165, 1.54) is 35.6 Å². The Balaban J connectivity index is 1.47. The van der Waals surface area contributed by atoms with E-state index in [9.17, 15) is 13.6 Å². The van der Waals surface area contributed by atoms with Crippen LogP contribution in [0.2, 0.25) is 0 Å². The lowest BCUT2D eigenvalue weighted by atomic mass is 10.2. The molecule has 30 heavy (non-hydrogen) atoms. The number of nitrogens with zero attached hydrogens (tertiary/aromatic N) is 1. The molecule has 7 heteroatoms. The van der Waals surface area contributed by atoms with E-state index in [1.807, 2.05) is 24.3 Å². The molecule has 2 aromatic heterocycles. The Morgan fingerprint density at radius 3 is 2.57 bits per heavy atom. The van der Waals surface area contributed by atoms with Crippen molar-refractivity contribution in [1.29, 1.82) is 0 Å². The quantitative estimate of drug-likeness (QED) is 0.338. The van der Waals surface area contributed by atoms with E-state index in [2.05, 4.69) is 4.98 Å². The van der Waals surface area contributed by atoms with E-state index in [0.29, 0.717) is 27.3 Å². The first kappa shape index (κ1) is 18.4. The molecule has 0 fully saturated rings. The molecule has 4 nitrogen and oxygen atoms in total. The van der Waals surface area contributed by atoms with Gasteiger partial charge in [0.25, 0.3) is 0 Å². The molecule has 5 aromatic rings. The van der Waals surface area contributed by atoms with Crippen LogP contribution >= 0.6 is 11.3 Å². The summed E-state index contributed by atoms with van der Waals surface area (Å²) >= 11 is 1.42. The average Bonchev–Trinajstić information content (AvgIpc) is 3.17. The number of hydrogen-bond donors (Lipinski definition) is 0. The summed E-state index contributed by atoms with van der Waals surface area (Å²) in [5, 5.41) is 1.27. The number of para-hydroxylation sites is 1. The zero-order chi connectivity index (χ0) is 20.7. The molecule has 0 saturated heterocycles. The molecular formula is C23H13F2NO3S. The van der Waals surface area contributed by atoms with Gasteiger partial charge in [-0.15, -0.1) is 11.3 Å². The van der Waals surface area contributed by atoms with Gasteiger partial charge in [0.2, 0.25) is 0 Å². The Morgan fingerprint density at radius 1 is 0.967 bits per heavy atom. The van der Waals surface area contributed by atoms with Crippen molar-refractivity contribution >= 4 is 32.5 Å². The van der Waals surface area contributed by atoms with Gasteiger partial charge in [-0.3, -0.25) is 0 Å². The van der Waals surface area contributed by atoms with Gasteiger partial charge in [0.05, 0.1) is 21.3 Å². The second kappa shape index (κ2) is 7.35. The normalized spacial score (nSPS) is 11.3. The highest BCUT2D eigenvalue weighted by atomic mass is 32.1. The van der Waals surface area contributed by atoms with E-state index in [4.69, 9.17) is 9.15 Å². The van der Waals surface area contributed by atoms with Crippen LogP contribution in [0.15, 0.2) is 75.9 Å². The minimum absolute atomic E-state index is 0.162. The summed E-state index contributed by atoms with van der Waals surface area (Å²) < 4.78 is 39.5. The lowest BCUT2D eigenvalue weighted by Crippen LogP contribution is -2.03. The van der Waals surface area contributed by atoms with E-state index in [0.717, 1.165) is 10.2 Å². The number of hydrogen-bond acceptors (Lipinski definition) is 5. The molecule has 0 aliphatic heterocycles. The molecule has 148 valence electrons. The summed E-state index contributed by atoms with van der Waals surface area (Å²) in [5.74, 6) is -1.02. The summed E-state index contributed by atoms with van der Waals surface area (Å²) in [4.78, 5) is 17.1. The van der Waals surface area contributed by atoms with Crippen LogP contribution in [0.25, 0.3) is 31.8 Å². The smallest absolute Gasteiger partial charge is 0.346 e. The summed E-state index contributed by atoms with van der Waals surface area (Å²) in [6.45, 7) is -0.280. The first-order valence-corrected chi connectivity index (χ1v) is 9.90. The maximum atomic E-state index is 13.8. The van der Waals surface area contributed by atoms with Crippen LogP contribution in [-0.4, -0.2) is 4.98 Å². The van der Waals surface area contributed by atoms with Crippen LogP contribution in [0.1, 0.15) is 5.56 Å². The molecule has 0 amide bonds. The highest BCUT2D eigenvalue weighted by Crippen LogP contribution is 2.30. The third-order valence-corrected chi connectivity index (χ3v) is 5.75. The topological polar surface area (TPSA) is 52.3 Å². The lowest BCUT2D eigenvalue weighted by molar-refractivity contribution is 0.292. The third-order valence-electron chi connectivity index (χ3n) is 4.68. The molecule has 2 heterocycles. The van der Waals surface area contributed by atoms with Crippen molar-refractivity contribution in [3.8, 4) is 16.3 Å². The van der Waals surface area contributed by atoms with Crippen LogP contribution < -0.4 is 10.4 Å². The summed E-state index contributed by atoms with van der Waals surface area (Å²) in [6, 6.07) is 17.9. The summed E-state index contributed by atoms with van der Waals surface area (Å²) in [6.07, 6.45) is 0. The monoisotopic (exact) mass is 421 g/mol. The summed E-state index contributed by atoms with van der Waals surface area (Å²) in [7, 11) is 0. The standard InChI is InChI=1S/C23H13F2NO3S/c24-17-4-3-5-18(25)16(17)12-28-14-9-8-13-10-15(23(27)29-20(13)11-14)22-26-19-6-1-2-7-21(19)30-22/h1-11H,12H2. The number of fused-ring (bicyclic) bond motifs is 2. The van der Waals surface area contributed by atoms with Gasteiger partial charge in [-0.1, -0.05) is 18.2 Å². The number of halogens is 2. The van der Waals surface area contributed by atoms with Crippen molar-refractivity contribution in [2.75, 3.05) is 0 Å². The van der Waals surface area contributed by atoms with Gasteiger partial charge < -0.3 is 9.15 Å². The van der Waals surface area contributed by atoms with Gasteiger partial charge in [0, 0.05) is 11.5 Å². The molecule has 0 radical (unpaired) electrons. The predicted molar refractivity (Wildman–Crippen MR) is 112 cm³/mol. The molecule has 0 N–H and O–H groups in total. The molecule has 5 rings (SSSR count). The summed E-state index contributed by atoms with van der Waals surface area (Å²) in [5.41, 5.74) is 0.840. The van der Waals surface area contributed by atoms with Crippen molar-refractivity contribution in [2.24, 2.45) is 0 Å². The molecule has 0 unspecified atom stereocenters. The lowest BCUT2D eigenvalue weighted by Gasteiger charge is -2.09. The maximum Gasteiger partial charge on any atom is 0.346 e. The number of aromatic nitrogens is 1. The fourth-order valence-corrected chi connectivity index (χ4v) is 4.11. The fraction of sp³-hybridized carbons (Fsp3) is 0.0435. The zero-order valence-electron chi connectivity index (χ0n) is 15.4. The number of rotatable bonds is 4. The van der Waals surface area contributed by atoms with Crippen molar-refractivity contribution < 1.29 is 17.9 Å². The number of benzene rings is 3. The second-order valence-electron chi connectivity index (χ2n) is 6.62. The van der Waals surface area contributed by atoms with Crippen LogP contribution in [-0.2, 0) is 6.61 Å². The van der Waals surface area contributed by atoms with Gasteiger partial charge >= 0.3 is 5.63 Å². The maximum absolute atomic E-state index is 13.8. The van der Waals surface area contributed by atoms with Crippen molar-refractivity contribution in [1.82, 2.24) is 4.98 Å². The van der Waals surface area contributed by atoms with E-state index in [1.54, 1.807) is 18.2 Å². The van der Waals surface area contributed by atoms with Gasteiger partial charge in [0.1, 0.15) is 34.6 Å². The second-order valence-corrected chi connectivity index (χ2v) is 7.65. The minimum atomic E-state index is -0.678. The molecule has 3 aromatic carbocycles. The Hall–Kier alpha value is -3.58. The molecule has 0 aliphatic carbocycles. The van der Waals surface area contributed by atoms with Crippen molar-refractivity contribution in [3.05, 3.63) is 94.3 Å². The minimum Gasteiger partial charge on any atom is -0.489 e. The Bertz CT molecular complexity index is 1410. The van der Waals surface area contributed by atoms with Crippen molar-refractivity contribution in [2.45, 2.75) is 6.61 Å². The highest BCUT2D eigenvalue weighted by Gasteiger charge is 2.14. The molecule has 0 saturated carbocycles. The van der Waals surface area contributed by atoms with Crippen LogP contribution in [0.3, 0.4) is 0 Å². The largest absolute Gasteiger partial charge is 0.489 e.